The quantitative estimate of drug-likeness (QED) is 0.341. The van der Waals surface area contributed by atoms with Crippen LogP contribution in [0.4, 0.5) is 15.8 Å². The highest BCUT2D eigenvalue weighted by Gasteiger charge is 2.44. The summed E-state index contributed by atoms with van der Waals surface area (Å²) >= 11 is 1.61. The second kappa shape index (κ2) is 8.36. The maximum absolute atomic E-state index is 15.2. The molecule has 4 heterocycles. The number of nitrogens with zero attached hydrogens (tertiary/aromatic N) is 3. The second-order valence-corrected chi connectivity index (χ2v) is 10.2. The van der Waals surface area contributed by atoms with E-state index in [0.717, 1.165) is 57.6 Å². The maximum Gasteiger partial charge on any atom is 0.254 e. The molecule has 7 rings (SSSR count). The van der Waals surface area contributed by atoms with Crippen molar-refractivity contribution in [2.24, 2.45) is 0 Å². The van der Waals surface area contributed by atoms with Crippen LogP contribution in [0.3, 0.4) is 0 Å². The average Bonchev–Trinajstić information content (AvgIpc) is 3.37. The van der Waals surface area contributed by atoms with Crippen molar-refractivity contribution >= 4 is 49.7 Å². The van der Waals surface area contributed by atoms with Crippen molar-refractivity contribution in [1.29, 1.82) is 0 Å². The summed E-state index contributed by atoms with van der Waals surface area (Å²) in [7, 11) is 0. The van der Waals surface area contributed by atoms with E-state index in [4.69, 9.17) is 0 Å². The third-order valence-corrected chi connectivity index (χ3v) is 8.01. The molecular weight excluding hydrogens is 473 g/mol. The number of rotatable bonds is 4. The number of aromatic nitrogens is 2. The minimum atomic E-state index is -0.408. The first-order valence-corrected chi connectivity index (χ1v) is 12.8. The summed E-state index contributed by atoms with van der Waals surface area (Å²) in [5, 5.41) is 7.72. The van der Waals surface area contributed by atoms with Gasteiger partial charge in [0.05, 0.1) is 21.2 Å². The van der Waals surface area contributed by atoms with Crippen molar-refractivity contribution in [3.05, 3.63) is 83.8 Å². The van der Waals surface area contributed by atoms with E-state index in [1.165, 1.54) is 6.07 Å². The molecule has 2 aromatic heterocycles. The van der Waals surface area contributed by atoms with Crippen molar-refractivity contribution < 1.29 is 9.18 Å². The molecule has 2 N–H and O–H groups in total. The number of carbonyl (C=O) groups is 1. The van der Waals surface area contributed by atoms with Gasteiger partial charge in [0.25, 0.3) is 5.91 Å². The third-order valence-electron chi connectivity index (χ3n) is 7.20. The Bertz CT molecular complexity index is 1640. The zero-order valence-electron chi connectivity index (χ0n) is 19.2. The van der Waals surface area contributed by atoms with Gasteiger partial charge >= 0.3 is 0 Å². The van der Waals surface area contributed by atoms with Crippen LogP contribution in [0.2, 0.25) is 0 Å². The van der Waals surface area contributed by atoms with E-state index in [-0.39, 0.29) is 18.0 Å². The van der Waals surface area contributed by atoms with Gasteiger partial charge in [0.2, 0.25) is 0 Å². The molecule has 1 amide bonds. The molecule has 0 radical (unpaired) electrons. The number of hydrogen-bond acceptors (Lipinski definition) is 6. The number of carbonyl (C=O) groups excluding carboxylic acids is 1. The molecule has 0 aliphatic carbocycles. The number of piperazine rings is 1. The number of hydrogen-bond donors (Lipinski definition) is 2. The van der Waals surface area contributed by atoms with Gasteiger partial charge in [-0.25, -0.2) is 9.37 Å². The standard InChI is InChI=1S/C28H22FN5OS/c29-23-9-17(28(35)34-19-12-20(34)14-30-13-19)2-4-21(23)16-1-5-22-24(7-8-31-25(22)10-16)33-18-3-6-27-26(11-18)32-15-36-27/h1-11,15,19-20,30H,12-14H2,(H,31,33). The summed E-state index contributed by atoms with van der Waals surface area (Å²) < 4.78 is 16.4. The summed E-state index contributed by atoms with van der Waals surface area (Å²) in [6.07, 6.45) is 2.77. The summed E-state index contributed by atoms with van der Waals surface area (Å²) in [6, 6.07) is 19.0. The Morgan fingerprint density at radius 2 is 1.89 bits per heavy atom. The highest BCUT2D eigenvalue weighted by atomic mass is 32.1. The summed E-state index contributed by atoms with van der Waals surface area (Å²) in [6.45, 7) is 1.62. The van der Waals surface area contributed by atoms with Crippen LogP contribution in [0, 0.1) is 5.82 Å². The lowest BCUT2D eigenvalue weighted by atomic mass is 9.87. The SMILES string of the molecule is O=C(c1ccc(-c2ccc3c(Nc4ccc5scnc5c4)ccnc3c2)c(F)c1)N1C2CNCC1C2. The van der Waals surface area contributed by atoms with Crippen LogP contribution in [-0.4, -0.2) is 45.9 Å². The first-order valence-electron chi connectivity index (χ1n) is 12.0. The first-order chi connectivity index (χ1) is 17.6. The molecule has 5 aromatic rings. The predicted octanol–water partition coefficient (Wildman–Crippen LogP) is 5.58. The van der Waals surface area contributed by atoms with E-state index in [1.807, 2.05) is 46.8 Å². The minimum absolute atomic E-state index is 0.0880. The summed E-state index contributed by atoms with van der Waals surface area (Å²) in [4.78, 5) is 23.8. The number of benzene rings is 3. The molecule has 36 heavy (non-hydrogen) atoms. The normalized spacial score (nSPS) is 18.9. The molecule has 2 aliphatic heterocycles. The van der Waals surface area contributed by atoms with Crippen molar-refractivity contribution in [1.82, 2.24) is 20.2 Å². The number of piperidine rings is 1. The summed E-state index contributed by atoms with van der Waals surface area (Å²) in [5.74, 6) is -0.496. The van der Waals surface area contributed by atoms with Crippen molar-refractivity contribution in [2.75, 3.05) is 18.4 Å². The molecule has 6 nitrogen and oxygen atoms in total. The Kier molecular flexibility index (Phi) is 4.97. The van der Waals surface area contributed by atoms with E-state index < -0.39 is 5.82 Å². The zero-order chi connectivity index (χ0) is 24.2. The average molecular weight is 496 g/mol. The molecule has 8 heteroatoms. The van der Waals surface area contributed by atoms with E-state index in [1.54, 1.807) is 29.7 Å². The number of fused-ring (bicyclic) bond motifs is 4. The van der Waals surface area contributed by atoms with Gasteiger partial charge in [0.1, 0.15) is 5.82 Å². The van der Waals surface area contributed by atoms with Crippen LogP contribution in [0.25, 0.3) is 32.2 Å². The second-order valence-electron chi connectivity index (χ2n) is 9.36. The van der Waals surface area contributed by atoms with Crippen LogP contribution >= 0.6 is 11.3 Å². The fraction of sp³-hybridized carbons (Fsp3) is 0.179. The van der Waals surface area contributed by atoms with Crippen LogP contribution in [0.1, 0.15) is 16.8 Å². The van der Waals surface area contributed by atoms with Crippen LogP contribution in [0.5, 0.6) is 0 Å². The lowest BCUT2D eigenvalue weighted by molar-refractivity contribution is -0.00220. The Morgan fingerprint density at radius 3 is 2.72 bits per heavy atom. The molecule has 2 atom stereocenters. The van der Waals surface area contributed by atoms with E-state index in [9.17, 15) is 4.79 Å². The molecular formula is C28H22FN5OS. The van der Waals surface area contributed by atoms with Crippen LogP contribution < -0.4 is 10.6 Å². The molecule has 178 valence electrons. The van der Waals surface area contributed by atoms with E-state index >= 15 is 4.39 Å². The van der Waals surface area contributed by atoms with Gasteiger partial charge in [-0.3, -0.25) is 9.78 Å². The van der Waals surface area contributed by atoms with Gasteiger partial charge in [-0.2, -0.15) is 0 Å². The predicted molar refractivity (Wildman–Crippen MR) is 141 cm³/mol. The van der Waals surface area contributed by atoms with Gasteiger partial charge in [-0.15, -0.1) is 11.3 Å². The number of anilines is 2. The lowest BCUT2D eigenvalue weighted by Gasteiger charge is -2.53. The molecule has 2 unspecified atom stereocenters. The number of halogens is 1. The number of thiazole rings is 1. The monoisotopic (exact) mass is 495 g/mol. The molecule has 2 aliphatic rings. The van der Waals surface area contributed by atoms with Gasteiger partial charge in [-0.1, -0.05) is 18.2 Å². The lowest BCUT2D eigenvalue weighted by Crippen LogP contribution is -2.69. The van der Waals surface area contributed by atoms with Gasteiger partial charge in [-0.05, 0) is 54.4 Å². The van der Waals surface area contributed by atoms with Gasteiger partial charge in [0.15, 0.2) is 0 Å². The van der Waals surface area contributed by atoms with Crippen molar-refractivity contribution in [3.8, 4) is 11.1 Å². The fourth-order valence-corrected chi connectivity index (χ4v) is 6.02. The topological polar surface area (TPSA) is 70.2 Å². The number of nitrogens with one attached hydrogen (secondary N) is 2. The van der Waals surface area contributed by atoms with Crippen molar-refractivity contribution in [2.45, 2.75) is 18.5 Å². The minimum Gasteiger partial charge on any atom is -0.355 e. The highest BCUT2D eigenvalue weighted by Crippen LogP contribution is 2.33. The molecule has 2 bridgehead atoms. The van der Waals surface area contributed by atoms with Gasteiger partial charge in [0, 0.05) is 59.3 Å². The molecule has 3 aromatic carbocycles. The highest BCUT2D eigenvalue weighted by molar-refractivity contribution is 7.16. The fourth-order valence-electron chi connectivity index (χ4n) is 5.36. The molecule has 0 saturated carbocycles. The number of amides is 1. The Morgan fingerprint density at radius 1 is 1.00 bits per heavy atom. The molecule has 0 spiro atoms. The van der Waals surface area contributed by atoms with Crippen molar-refractivity contribution in [3.63, 3.8) is 0 Å². The van der Waals surface area contributed by atoms with Crippen LogP contribution in [0.15, 0.2) is 72.4 Å². The Balaban J connectivity index is 1.17. The Labute approximate surface area is 210 Å². The molecule has 2 saturated heterocycles. The summed E-state index contributed by atoms with van der Waals surface area (Å²) in [5.41, 5.74) is 6.98. The Hall–Kier alpha value is -3.88. The zero-order valence-corrected chi connectivity index (χ0v) is 20.1. The number of pyridine rings is 1. The van der Waals surface area contributed by atoms with E-state index in [0.29, 0.717) is 11.1 Å². The van der Waals surface area contributed by atoms with Gasteiger partial charge < -0.3 is 15.5 Å². The van der Waals surface area contributed by atoms with Crippen LogP contribution in [-0.2, 0) is 0 Å². The largest absolute Gasteiger partial charge is 0.355 e. The smallest absolute Gasteiger partial charge is 0.254 e. The maximum atomic E-state index is 15.2. The first kappa shape index (κ1) is 21.4. The third kappa shape index (κ3) is 3.53. The van der Waals surface area contributed by atoms with E-state index in [2.05, 4.69) is 26.7 Å². The molecule has 2 fully saturated rings.